The molecule has 0 unspecified atom stereocenters. The molecule has 1 heterocycles. The predicted molar refractivity (Wildman–Crippen MR) is 177 cm³/mol. The van der Waals surface area contributed by atoms with E-state index in [0.29, 0.717) is 27.8 Å². The van der Waals surface area contributed by atoms with E-state index in [2.05, 4.69) is 64.2 Å². The van der Waals surface area contributed by atoms with E-state index in [1.54, 1.807) is 0 Å². The number of nitriles is 2. The van der Waals surface area contributed by atoms with Gasteiger partial charge in [0.2, 0.25) is 0 Å². The van der Waals surface area contributed by atoms with Crippen LogP contribution in [0.25, 0.3) is 10.8 Å². The van der Waals surface area contributed by atoms with Crippen LogP contribution in [-0.4, -0.2) is 0 Å². The van der Waals surface area contributed by atoms with E-state index in [9.17, 15) is 10.5 Å². The maximum atomic E-state index is 10.4. The van der Waals surface area contributed by atoms with Crippen molar-refractivity contribution in [3.63, 3.8) is 0 Å². The van der Waals surface area contributed by atoms with Gasteiger partial charge in [0.25, 0.3) is 0 Å². The molecule has 5 nitrogen and oxygen atoms in total. The second-order valence-corrected chi connectivity index (χ2v) is 14.0. The van der Waals surface area contributed by atoms with Gasteiger partial charge in [-0.25, -0.2) is 0 Å². The van der Waals surface area contributed by atoms with Gasteiger partial charge < -0.3 is 14.8 Å². The number of nitrogens with one attached hydrogen (secondary N) is 1. The largest absolute Gasteiger partial charge is 0.452 e. The molecule has 1 N–H and O–H groups in total. The maximum absolute atomic E-state index is 10.4. The number of benzene rings is 5. The van der Waals surface area contributed by atoms with Crippen molar-refractivity contribution in [1.29, 1.82) is 10.5 Å². The van der Waals surface area contributed by atoms with Gasteiger partial charge in [-0.1, -0.05) is 101 Å². The number of rotatable bonds is 6. The van der Waals surface area contributed by atoms with Gasteiger partial charge in [0.1, 0.15) is 29.2 Å². The number of hydrogen-bond acceptors (Lipinski definition) is 6. The lowest BCUT2D eigenvalue weighted by Gasteiger charge is -2.33. The van der Waals surface area contributed by atoms with E-state index >= 15 is 0 Å². The summed E-state index contributed by atoms with van der Waals surface area (Å²) in [5.41, 5.74) is 3.08. The standard InChI is InChI=1S/C38H33N3O2S/c1-37(2,3)23-38(4,5)26-15-18-27(19-16-26)42-34-30(22-40)29(21-39)33-36(44-32-13-9-8-12-31(32)41-33)35(34)43-28-17-14-24-10-6-7-11-25(24)20-28/h6-20,41H,23H2,1-5H3. The van der Waals surface area contributed by atoms with E-state index in [1.165, 1.54) is 17.3 Å². The first-order valence-corrected chi connectivity index (χ1v) is 15.4. The van der Waals surface area contributed by atoms with Crippen molar-refractivity contribution in [1.82, 2.24) is 0 Å². The highest BCUT2D eigenvalue weighted by Gasteiger charge is 2.32. The molecule has 5 aromatic rings. The average Bonchev–Trinajstić information content (AvgIpc) is 3.00. The van der Waals surface area contributed by atoms with Crippen LogP contribution < -0.4 is 14.8 Å². The summed E-state index contributed by atoms with van der Waals surface area (Å²) < 4.78 is 13.1. The van der Waals surface area contributed by atoms with Crippen molar-refractivity contribution in [3.05, 3.63) is 108 Å². The molecule has 0 spiro atoms. The lowest BCUT2D eigenvalue weighted by Crippen LogP contribution is -2.24. The second kappa shape index (κ2) is 11.3. The summed E-state index contributed by atoms with van der Waals surface area (Å²) in [4.78, 5) is 1.67. The molecule has 1 aliphatic heterocycles. The summed E-state index contributed by atoms with van der Waals surface area (Å²) in [6, 6.07) is 34.3. The van der Waals surface area contributed by atoms with Crippen molar-refractivity contribution in [2.45, 2.75) is 56.2 Å². The summed E-state index contributed by atoms with van der Waals surface area (Å²) in [6.07, 6.45) is 1.02. The number of hydrogen-bond donors (Lipinski definition) is 1. The van der Waals surface area contributed by atoms with Gasteiger partial charge in [-0.3, -0.25) is 0 Å². The van der Waals surface area contributed by atoms with E-state index in [1.807, 2.05) is 78.9 Å². The zero-order valence-corrected chi connectivity index (χ0v) is 26.3. The second-order valence-electron chi connectivity index (χ2n) is 12.9. The molecule has 44 heavy (non-hydrogen) atoms. The molecule has 0 aliphatic carbocycles. The van der Waals surface area contributed by atoms with Crippen molar-refractivity contribution < 1.29 is 9.47 Å². The Hall–Kier alpha value is -4.91. The van der Waals surface area contributed by atoms with E-state index in [4.69, 9.17) is 9.47 Å². The minimum Gasteiger partial charge on any atom is -0.452 e. The minimum absolute atomic E-state index is 0.0333. The van der Waals surface area contributed by atoms with Crippen LogP contribution in [0.15, 0.2) is 101 Å². The Morgan fingerprint density at radius 3 is 2.05 bits per heavy atom. The number of para-hydroxylation sites is 1. The summed E-state index contributed by atoms with van der Waals surface area (Å²) in [6.45, 7) is 11.3. The molecule has 0 fully saturated rings. The van der Waals surface area contributed by atoms with Gasteiger partial charge in [0.15, 0.2) is 11.5 Å². The number of ether oxygens (including phenoxy) is 2. The Bertz CT molecular complexity index is 1980. The Labute approximate surface area is 263 Å². The zero-order valence-electron chi connectivity index (χ0n) is 25.5. The fraction of sp³-hybridized carbons (Fsp3) is 0.211. The molecule has 218 valence electrons. The van der Waals surface area contributed by atoms with Crippen molar-refractivity contribution >= 4 is 33.9 Å². The topological polar surface area (TPSA) is 78.1 Å². The van der Waals surface area contributed by atoms with E-state index < -0.39 is 0 Å². The van der Waals surface area contributed by atoms with Crippen LogP contribution in [0.1, 0.15) is 57.7 Å². The molecule has 1 aliphatic rings. The van der Waals surface area contributed by atoms with Crippen molar-refractivity contribution in [2.75, 3.05) is 5.32 Å². The third-order valence-electron chi connectivity index (χ3n) is 7.72. The third kappa shape index (κ3) is 5.70. The van der Waals surface area contributed by atoms with Gasteiger partial charge in [-0.15, -0.1) is 0 Å². The molecule has 0 bridgehead atoms. The smallest absolute Gasteiger partial charge is 0.190 e. The van der Waals surface area contributed by atoms with Crippen LogP contribution in [-0.2, 0) is 5.41 Å². The van der Waals surface area contributed by atoms with Gasteiger partial charge in [0, 0.05) is 4.90 Å². The molecule has 5 aromatic carbocycles. The molecule has 0 radical (unpaired) electrons. The van der Waals surface area contributed by atoms with Gasteiger partial charge >= 0.3 is 0 Å². The Balaban J connectivity index is 1.48. The van der Waals surface area contributed by atoms with Crippen LogP contribution in [0.3, 0.4) is 0 Å². The van der Waals surface area contributed by atoms with Crippen molar-refractivity contribution in [2.24, 2.45) is 5.41 Å². The molecule has 0 atom stereocenters. The molecular weight excluding hydrogens is 563 g/mol. The summed E-state index contributed by atoms with van der Waals surface area (Å²) >= 11 is 1.49. The Morgan fingerprint density at radius 1 is 0.705 bits per heavy atom. The monoisotopic (exact) mass is 595 g/mol. The lowest BCUT2D eigenvalue weighted by molar-refractivity contribution is 0.284. The lowest BCUT2D eigenvalue weighted by atomic mass is 9.72. The SMILES string of the molecule is CC(C)(C)CC(C)(C)c1ccc(Oc2c(C#N)c(C#N)c3c(c2Oc2ccc4ccccc4c2)Sc2ccccc2N3)cc1. The van der Waals surface area contributed by atoms with Gasteiger partial charge in [-0.05, 0) is 70.0 Å². The van der Waals surface area contributed by atoms with E-state index in [-0.39, 0.29) is 27.7 Å². The predicted octanol–water partition coefficient (Wildman–Crippen LogP) is 11.1. The normalized spacial score (nSPS) is 12.3. The van der Waals surface area contributed by atoms with E-state index in [0.717, 1.165) is 27.8 Å². The molecule has 6 rings (SSSR count). The first kappa shape index (κ1) is 29.2. The fourth-order valence-electron chi connectivity index (χ4n) is 6.08. The van der Waals surface area contributed by atoms with Crippen LogP contribution in [0, 0.1) is 28.1 Å². The molecular formula is C38H33N3O2S. The highest BCUT2D eigenvalue weighted by atomic mass is 32.2. The van der Waals surface area contributed by atoms with Crippen LogP contribution in [0.5, 0.6) is 23.0 Å². The molecule has 0 saturated carbocycles. The van der Waals surface area contributed by atoms with Crippen LogP contribution >= 0.6 is 11.8 Å². The zero-order chi connectivity index (χ0) is 31.1. The van der Waals surface area contributed by atoms with Gasteiger partial charge in [-0.2, -0.15) is 10.5 Å². The minimum atomic E-state index is -0.0333. The van der Waals surface area contributed by atoms with Crippen LogP contribution in [0.2, 0.25) is 0 Å². The fourth-order valence-corrected chi connectivity index (χ4v) is 7.16. The Kier molecular flexibility index (Phi) is 7.49. The van der Waals surface area contributed by atoms with Gasteiger partial charge in [0.05, 0.1) is 21.8 Å². The summed E-state index contributed by atoms with van der Waals surface area (Å²) in [5, 5.41) is 26.3. The highest BCUT2D eigenvalue weighted by Crippen LogP contribution is 2.56. The number of nitrogens with zero attached hydrogens (tertiary/aromatic N) is 2. The molecule has 0 amide bonds. The molecule has 0 saturated heterocycles. The summed E-state index contributed by atoms with van der Waals surface area (Å²) in [5.74, 6) is 1.75. The highest BCUT2D eigenvalue weighted by molar-refractivity contribution is 7.99. The Morgan fingerprint density at radius 2 is 1.34 bits per heavy atom. The quantitative estimate of drug-likeness (QED) is 0.206. The number of fused-ring (bicyclic) bond motifs is 3. The number of anilines is 2. The summed E-state index contributed by atoms with van der Waals surface area (Å²) in [7, 11) is 0. The van der Waals surface area contributed by atoms with Crippen LogP contribution in [0.4, 0.5) is 11.4 Å². The molecule has 0 aromatic heterocycles. The third-order valence-corrected chi connectivity index (χ3v) is 8.89. The molecule has 6 heteroatoms. The first-order valence-electron chi connectivity index (χ1n) is 14.6. The maximum Gasteiger partial charge on any atom is 0.190 e. The average molecular weight is 596 g/mol. The first-order chi connectivity index (χ1) is 21.1. The van der Waals surface area contributed by atoms with Crippen molar-refractivity contribution in [3.8, 4) is 35.1 Å².